The van der Waals surface area contributed by atoms with Crippen molar-refractivity contribution in [1.29, 1.82) is 5.26 Å². The molecule has 96 valence electrons. The van der Waals surface area contributed by atoms with Gasteiger partial charge in [-0.25, -0.2) is 4.39 Å². The SMILES string of the molecule is CC(Nc1ccc(F)c(Br)c1)c1ccc(C#N)cc1. The molecule has 0 aliphatic rings. The van der Waals surface area contributed by atoms with Crippen LogP contribution in [-0.2, 0) is 0 Å². The third-order valence-corrected chi connectivity index (χ3v) is 3.45. The van der Waals surface area contributed by atoms with Gasteiger partial charge in [0, 0.05) is 11.7 Å². The third-order valence-electron chi connectivity index (χ3n) is 2.84. The normalized spacial score (nSPS) is 11.7. The van der Waals surface area contributed by atoms with Gasteiger partial charge in [-0.15, -0.1) is 0 Å². The van der Waals surface area contributed by atoms with Gasteiger partial charge in [-0.3, -0.25) is 0 Å². The van der Waals surface area contributed by atoms with Crippen molar-refractivity contribution in [2.24, 2.45) is 0 Å². The molecule has 0 heterocycles. The van der Waals surface area contributed by atoms with Gasteiger partial charge in [0.25, 0.3) is 0 Å². The molecule has 2 rings (SSSR count). The number of halogens is 2. The van der Waals surface area contributed by atoms with E-state index in [-0.39, 0.29) is 11.9 Å². The fourth-order valence-electron chi connectivity index (χ4n) is 1.77. The van der Waals surface area contributed by atoms with Crippen LogP contribution in [0.4, 0.5) is 10.1 Å². The molecule has 2 aromatic rings. The van der Waals surface area contributed by atoms with Gasteiger partial charge >= 0.3 is 0 Å². The van der Waals surface area contributed by atoms with Crippen LogP contribution in [0.3, 0.4) is 0 Å². The van der Waals surface area contributed by atoms with Crippen LogP contribution < -0.4 is 5.32 Å². The molecule has 0 bridgehead atoms. The zero-order valence-electron chi connectivity index (χ0n) is 10.3. The second-order valence-corrected chi connectivity index (χ2v) is 5.08. The molecule has 1 atom stereocenters. The van der Waals surface area contributed by atoms with Crippen molar-refractivity contribution in [1.82, 2.24) is 0 Å². The summed E-state index contributed by atoms with van der Waals surface area (Å²) in [5.41, 5.74) is 2.55. The van der Waals surface area contributed by atoms with E-state index in [0.717, 1.165) is 11.3 Å². The second-order valence-electron chi connectivity index (χ2n) is 4.23. The Balaban J connectivity index is 2.13. The molecule has 0 amide bonds. The number of hydrogen-bond donors (Lipinski definition) is 1. The lowest BCUT2D eigenvalue weighted by atomic mass is 10.1. The van der Waals surface area contributed by atoms with E-state index in [9.17, 15) is 4.39 Å². The standard InChI is InChI=1S/C15H12BrFN2/c1-10(12-4-2-11(9-18)3-5-12)19-13-6-7-15(17)14(16)8-13/h2-8,10,19H,1H3. The Hall–Kier alpha value is -1.86. The van der Waals surface area contributed by atoms with E-state index >= 15 is 0 Å². The van der Waals surface area contributed by atoms with Crippen LogP contribution in [0.25, 0.3) is 0 Å². The van der Waals surface area contributed by atoms with E-state index in [1.807, 2.05) is 19.1 Å². The average molecular weight is 319 g/mol. The molecule has 0 aliphatic carbocycles. The first-order chi connectivity index (χ1) is 9.10. The van der Waals surface area contributed by atoms with Crippen LogP contribution in [0.5, 0.6) is 0 Å². The highest BCUT2D eigenvalue weighted by atomic mass is 79.9. The van der Waals surface area contributed by atoms with Gasteiger partial charge in [-0.2, -0.15) is 5.26 Å². The van der Waals surface area contributed by atoms with Crippen LogP contribution >= 0.6 is 15.9 Å². The Morgan fingerprint density at radius 2 is 1.89 bits per heavy atom. The number of rotatable bonds is 3. The molecule has 1 N–H and O–H groups in total. The maximum absolute atomic E-state index is 13.1. The van der Waals surface area contributed by atoms with Crippen molar-refractivity contribution < 1.29 is 4.39 Å². The first kappa shape index (κ1) is 13.6. The van der Waals surface area contributed by atoms with Crippen molar-refractivity contribution in [2.45, 2.75) is 13.0 Å². The minimum absolute atomic E-state index is 0.0742. The first-order valence-corrected chi connectivity index (χ1v) is 6.61. The van der Waals surface area contributed by atoms with E-state index in [1.165, 1.54) is 6.07 Å². The minimum Gasteiger partial charge on any atom is -0.378 e. The van der Waals surface area contributed by atoms with Gasteiger partial charge < -0.3 is 5.32 Å². The summed E-state index contributed by atoms with van der Waals surface area (Å²) in [6.45, 7) is 2.01. The second kappa shape index (κ2) is 5.85. The molecule has 0 saturated heterocycles. The van der Waals surface area contributed by atoms with Crippen molar-refractivity contribution >= 4 is 21.6 Å². The molecule has 1 unspecified atom stereocenters. The van der Waals surface area contributed by atoms with E-state index in [0.29, 0.717) is 10.0 Å². The molecule has 2 nitrogen and oxygen atoms in total. The summed E-state index contributed by atoms with van der Waals surface area (Å²) in [5, 5.41) is 12.0. The number of hydrogen-bond acceptors (Lipinski definition) is 2. The summed E-state index contributed by atoms with van der Waals surface area (Å²) in [7, 11) is 0. The highest BCUT2D eigenvalue weighted by molar-refractivity contribution is 9.10. The molecule has 19 heavy (non-hydrogen) atoms. The zero-order chi connectivity index (χ0) is 13.8. The Morgan fingerprint density at radius 3 is 2.47 bits per heavy atom. The van der Waals surface area contributed by atoms with Crippen molar-refractivity contribution in [3.63, 3.8) is 0 Å². The van der Waals surface area contributed by atoms with Gasteiger partial charge in [-0.1, -0.05) is 12.1 Å². The van der Waals surface area contributed by atoms with Crippen LogP contribution in [0.15, 0.2) is 46.9 Å². The summed E-state index contributed by atoms with van der Waals surface area (Å²) >= 11 is 3.16. The van der Waals surface area contributed by atoms with E-state index in [1.54, 1.807) is 24.3 Å². The quantitative estimate of drug-likeness (QED) is 0.895. The molecule has 0 radical (unpaired) electrons. The topological polar surface area (TPSA) is 35.8 Å². The highest BCUT2D eigenvalue weighted by Crippen LogP contribution is 2.24. The lowest BCUT2D eigenvalue weighted by molar-refractivity contribution is 0.621. The fourth-order valence-corrected chi connectivity index (χ4v) is 2.14. The average Bonchev–Trinajstić information content (AvgIpc) is 2.43. The van der Waals surface area contributed by atoms with Crippen LogP contribution in [-0.4, -0.2) is 0 Å². The van der Waals surface area contributed by atoms with E-state index in [2.05, 4.69) is 27.3 Å². The smallest absolute Gasteiger partial charge is 0.137 e. The van der Waals surface area contributed by atoms with Gasteiger partial charge in [-0.05, 0) is 58.7 Å². The molecule has 0 spiro atoms. The maximum atomic E-state index is 13.1. The van der Waals surface area contributed by atoms with Crippen LogP contribution in [0.2, 0.25) is 0 Å². The summed E-state index contributed by atoms with van der Waals surface area (Å²) in [6, 6.07) is 14.4. The molecule has 2 aromatic carbocycles. The molecule has 0 fully saturated rings. The predicted molar refractivity (Wildman–Crippen MR) is 77.3 cm³/mol. The van der Waals surface area contributed by atoms with E-state index < -0.39 is 0 Å². The maximum Gasteiger partial charge on any atom is 0.137 e. The summed E-state index contributed by atoms with van der Waals surface area (Å²) < 4.78 is 13.6. The number of anilines is 1. The molecular formula is C15H12BrFN2. The van der Waals surface area contributed by atoms with Gasteiger partial charge in [0.2, 0.25) is 0 Å². The Labute approximate surface area is 120 Å². The molecule has 4 heteroatoms. The zero-order valence-corrected chi connectivity index (χ0v) is 11.9. The van der Waals surface area contributed by atoms with Crippen molar-refractivity contribution in [2.75, 3.05) is 5.32 Å². The Morgan fingerprint density at radius 1 is 1.21 bits per heavy atom. The number of nitriles is 1. The van der Waals surface area contributed by atoms with Gasteiger partial charge in [0.1, 0.15) is 5.82 Å². The summed E-state index contributed by atoms with van der Waals surface area (Å²) in [6.07, 6.45) is 0. The summed E-state index contributed by atoms with van der Waals surface area (Å²) in [4.78, 5) is 0. The lowest BCUT2D eigenvalue weighted by Gasteiger charge is -2.16. The Kier molecular flexibility index (Phi) is 4.18. The number of nitrogens with zero attached hydrogens (tertiary/aromatic N) is 1. The molecular weight excluding hydrogens is 307 g/mol. The number of nitrogens with one attached hydrogen (secondary N) is 1. The van der Waals surface area contributed by atoms with Gasteiger partial charge in [0.05, 0.1) is 16.1 Å². The monoisotopic (exact) mass is 318 g/mol. The van der Waals surface area contributed by atoms with Gasteiger partial charge in [0.15, 0.2) is 0 Å². The van der Waals surface area contributed by atoms with E-state index in [4.69, 9.17) is 5.26 Å². The largest absolute Gasteiger partial charge is 0.378 e. The summed E-state index contributed by atoms with van der Waals surface area (Å²) in [5.74, 6) is -0.281. The van der Waals surface area contributed by atoms with Crippen LogP contribution in [0.1, 0.15) is 24.1 Å². The molecule has 0 saturated carbocycles. The molecule has 0 aliphatic heterocycles. The van der Waals surface area contributed by atoms with Crippen LogP contribution in [0, 0.1) is 17.1 Å². The minimum atomic E-state index is -0.281. The predicted octanol–water partition coefficient (Wildman–Crippen LogP) is 4.63. The Bertz CT molecular complexity index is 617. The lowest BCUT2D eigenvalue weighted by Crippen LogP contribution is -2.06. The fraction of sp³-hybridized carbons (Fsp3) is 0.133. The number of benzene rings is 2. The molecule has 0 aromatic heterocycles. The highest BCUT2D eigenvalue weighted by Gasteiger charge is 2.07. The third kappa shape index (κ3) is 3.33. The van der Waals surface area contributed by atoms with Crippen molar-refractivity contribution in [3.8, 4) is 6.07 Å². The van der Waals surface area contributed by atoms with Crippen molar-refractivity contribution in [3.05, 3.63) is 63.9 Å². The first-order valence-electron chi connectivity index (χ1n) is 5.82.